The summed E-state index contributed by atoms with van der Waals surface area (Å²) in [6.45, 7) is 8.43. The Hall–Kier alpha value is -1.89. The maximum absolute atomic E-state index is 12.3. The number of carbonyl (C=O) groups is 1. The van der Waals surface area contributed by atoms with Gasteiger partial charge in [-0.05, 0) is 25.7 Å². The first-order valence-electron chi connectivity index (χ1n) is 9.40. The molecule has 4 rings (SSSR count). The Kier molecular flexibility index (Phi) is 4.74. The van der Waals surface area contributed by atoms with Gasteiger partial charge in [0.25, 0.3) is 0 Å². The van der Waals surface area contributed by atoms with Gasteiger partial charge in [0.1, 0.15) is 5.82 Å². The molecule has 1 aromatic rings. The van der Waals surface area contributed by atoms with Crippen LogP contribution >= 0.6 is 0 Å². The molecule has 136 valence electrons. The van der Waals surface area contributed by atoms with Crippen molar-refractivity contribution in [2.75, 3.05) is 62.3 Å². The number of aryl methyl sites for hydroxylation is 1. The molecule has 2 aliphatic heterocycles. The molecule has 0 atom stereocenters. The lowest BCUT2D eigenvalue weighted by Gasteiger charge is -2.36. The number of ether oxygens (including phenoxy) is 1. The Labute approximate surface area is 149 Å². The van der Waals surface area contributed by atoms with Crippen LogP contribution in [-0.4, -0.2) is 73.3 Å². The third-order valence-electron chi connectivity index (χ3n) is 5.24. The zero-order valence-corrected chi connectivity index (χ0v) is 15.0. The van der Waals surface area contributed by atoms with E-state index >= 15 is 0 Å². The number of piperazine rings is 1. The fourth-order valence-electron chi connectivity index (χ4n) is 3.49. The van der Waals surface area contributed by atoms with Gasteiger partial charge in [0.15, 0.2) is 0 Å². The highest BCUT2D eigenvalue weighted by Crippen LogP contribution is 2.33. The Balaban J connectivity index is 1.40. The molecule has 0 spiro atoms. The Bertz CT molecular complexity index is 620. The molecular weight excluding hydrogens is 318 g/mol. The van der Waals surface area contributed by atoms with Gasteiger partial charge in [-0.3, -0.25) is 4.79 Å². The van der Waals surface area contributed by atoms with Crippen molar-refractivity contribution in [3.05, 3.63) is 11.8 Å². The second-order valence-corrected chi connectivity index (χ2v) is 7.28. The highest BCUT2D eigenvalue weighted by atomic mass is 16.5. The molecule has 1 saturated carbocycles. The van der Waals surface area contributed by atoms with Gasteiger partial charge in [-0.15, -0.1) is 0 Å². The monoisotopic (exact) mass is 345 g/mol. The highest BCUT2D eigenvalue weighted by Gasteiger charge is 2.29. The number of carbonyl (C=O) groups excluding carboxylic acids is 1. The lowest BCUT2D eigenvalue weighted by molar-refractivity contribution is -0.131. The summed E-state index contributed by atoms with van der Waals surface area (Å²) in [5.41, 5.74) is 0.985. The predicted molar refractivity (Wildman–Crippen MR) is 95.9 cm³/mol. The molecule has 0 bridgehead atoms. The van der Waals surface area contributed by atoms with Crippen molar-refractivity contribution in [2.24, 2.45) is 5.92 Å². The molecule has 3 heterocycles. The molecule has 0 aromatic carbocycles. The van der Waals surface area contributed by atoms with Crippen LogP contribution < -0.4 is 9.80 Å². The van der Waals surface area contributed by atoms with Crippen LogP contribution in [0.25, 0.3) is 0 Å². The molecule has 7 nitrogen and oxygen atoms in total. The van der Waals surface area contributed by atoms with E-state index in [9.17, 15) is 4.79 Å². The molecule has 0 radical (unpaired) electrons. The first-order chi connectivity index (χ1) is 12.2. The van der Waals surface area contributed by atoms with E-state index in [-0.39, 0.29) is 0 Å². The van der Waals surface area contributed by atoms with Gasteiger partial charge in [-0.2, -0.15) is 4.98 Å². The second-order valence-electron chi connectivity index (χ2n) is 7.28. The number of hydrogen-bond acceptors (Lipinski definition) is 6. The van der Waals surface area contributed by atoms with Crippen molar-refractivity contribution < 1.29 is 9.53 Å². The van der Waals surface area contributed by atoms with Crippen LogP contribution in [0, 0.1) is 12.8 Å². The van der Waals surface area contributed by atoms with Crippen LogP contribution in [0.1, 0.15) is 25.0 Å². The normalized spacial score (nSPS) is 21.6. The summed E-state index contributed by atoms with van der Waals surface area (Å²) in [5.74, 6) is 2.76. The molecule has 0 N–H and O–H groups in total. The summed E-state index contributed by atoms with van der Waals surface area (Å²) in [7, 11) is 0. The van der Waals surface area contributed by atoms with E-state index in [0.717, 1.165) is 76.4 Å². The number of nitrogens with zero attached hydrogens (tertiary/aromatic N) is 5. The van der Waals surface area contributed by atoms with E-state index in [4.69, 9.17) is 9.72 Å². The third kappa shape index (κ3) is 4.03. The van der Waals surface area contributed by atoms with Gasteiger partial charge >= 0.3 is 0 Å². The molecular formula is C18H27N5O2. The summed E-state index contributed by atoms with van der Waals surface area (Å²) in [6, 6.07) is 2.05. The van der Waals surface area contributed by atoms with Gasteiger partial charge in [0, 0.05) is 57.4 Å². The molecule has 7 heteroatoms. The Morgan fingerprint density at radius 1 is 1.08 bits per heavy atom. The molecule has 0 unspecified atom stereocenters. The summed E-state index contributed by atoms with van der Waals surface area (Å²) in [4.78, 5) is 28.2. The van der Waals surface area contributed by atoms with Gasteiger partial charge < -0.3 is 19.4 Å². The molecule has 1 aromatic heterocycles. The standard InChI is InChI=1S/C18H27N5O2/c1-14-12-16(20-18(19-14)23-8-10-25-11-9-23)21-4-6-22(7-5-21)17(24)13-15-2-3-15/h12,15H,2-11,13H2,1H3. The van der Waals surface area contributed by atoms with Crippen molar-refractivity contribution >= 4 is 17.7 Å². The molecule has 25 heavy (non-hydrogen) atoms. The number of amides is 1. The summed E-state index contributed by atoms with van der Waals surface area (Å²) in [5, 5.41) is 0. The van der Waals surface area contributed by atoms with Crippen molar-refractivity contribution in [2.45, 2.75) is 26.2 Å². The summed E-state index contributed by atoms with van der Waals surface area (Å²) >= 11 is 0. The largest absolute Gasteiger partial charge is 0.378 e. The fourth-order valence-corrected chi connectivity index (χ4v) is 3.49. The molecule has 2 saturated heterocycles. The van der Waals surface area contributed by atoms with Gasteiger partial charge in [0.05, 0.1) is 13.2 Å². The van der Waals surface area contributed by atoms with Crippen molar-refractivity contribution in [3.8, 4) is 0 Å². The van der Waals surface area contributed by atoms with E-state index in [1.54, 1.807) is 0 Å². The lowest BCUT2D eigenvalue weighted by Crippen LogP contribution is -2.49. The van der Waals surface area contributed by atoms with Crippen molar-refractivity contribution in [3.63, 3.8) is 0 Å². The summed E-state index contributed by atoms with van der Waals surface area (Å²) in [6.07, 6.45) is 3.21. The maximum atomic E-state index is 12.3. The minimum absolute atomic E-state index is 0.329. The molecule has 1 amide bonds. The van der Waals surface area contributed by atoms with E-state index in [1.165, 1.54) is 12.8 Å². The molecule has 3 fully saturated rings. The smallest absolute Gasteiger partial charge is 0.227 e. The van der Waals surface area contributed by atoms with Gasteiger partial charge in [0.2, 0.25) is 11.9 Å². The number of anilines is 2. The average Bonchev–Trinajstić information content (AvgIpc) is 3.46. The minimum Gasteiger partial charge on any atom is -0.378 e. The average molecular weight is 345 g/mol. The van der Waals surface area contributed by atoms with Gasteiger partial charge in [-0.1, -0.05) is 0 Å². The third-order valence-corrected chi connectivity index (χ3v) is 5.24. The van der Waals surface area contributed by atoms with Crippen LogP contribution in [-0.2, 0) is 9.53 Å². The maximum Gasteiger partial charge on any atom is 0.227 e. The van der Waals surface area contributed by atoms with E-state index in [1.807, 2.05) is 17.9 Å². The topological polar surface area (TPSA) is 61.8 Å². The number of morpholine rings is 1. The highest BCUT2D eigenvalue weighted by molar-refractivity contribution is 5.77. The fraction of sp³-hybridized carbons (Fsp3) is 0.722. The summed E-state index contributed by atoms with van der Waals surface area (Å²) < 4.78 is 5.42. The quantitative estimate of drug-likeness (QED) is 0.813. The molecule has 1 aliphatic carbocycles. The zero-order chi connectivity index (χ0) is 17.2. The first kappa shape index (κ1) is 16.6. The zero-order valence-electron chi connectivity index (χ0n) is 15.0. The lowest BCUT2D eigenvalue weighted by atomic mass is 10.2. The van der Waals surface area contributed by atoms with E-state index in [2.05, 4.69) is 14.8 Å². The number of aromatic nitrogens is 2. The van der Waals surface area contributed by atoms with Crippen LogP contribution in [0.4, 0.5) is 11.8 Å². The SMILES string of the molecule is Cc1cc(N2CCN(C(=O)CC3CC3)CC2)nc(N2CCOCC2)n1. The van der Waals surface area contributed by atoms with E-state index in [0.29, 0.717) is 11.8 Å². The van der Waals surface area contributed by atoms with Crippen LogP contribution in [0.15, 0.2) is 6.07 Å². The second kappa shape index (κ2) is 7.15. The predicted octanol–water partition coefficient (Wildman–Crippen LogP) is 1.07. The van der Waals surface area contributed by atoms with Crippen LogP contribution in [0.2, 0.25) is 0 Å². The van der Waals surface area contributed by atoms with Crippen molar-refractivity contribution in [1.29, 1.82) is 0 Å². The Morgan fingerprint density at radius 3 is 2.48 bits per heavy atom. The number of hydrogen-bond donors (Lipinski definition) is 0. The minimum atomic E-state index is 0.329. The van der Waals surface area contributed by atoms with Crippen LogP contribution in [0.5, 0.6) is 0 Å². The number of rotatable bonds is 4. The molecule has 3 aliphatic rings. The first-order valence-corrected chi connectivity index (χ1v) is 9.40. The Morgan fingerprint density at radius 2 is 1.80 bits per heavy atom. The van der Waals surface area contributed by atoms with Gasteiger partial charge in [-0.25, -0.2) is 4.98 Å². The van der Waals surface area contributed by atoms with E-state index < -0.39 is 0 Å². The van der Waals surface area contributed by atoms with Crippen molar-refractivity contribution in [1.82, 2.24) is 14.9 Å². The van der Waals surface area contributed by atoms with Crippen LogP contribution in [0.3, 0.4) is 0 Å².